The molecule has 118 valence electrons. The fraction of sp³-hybridized carbons (Fsp3) is 0.188. The predicted molar refractivity (Wildman–Crippen MR) is 80.6 cm³/mol. The molecule has 0 atom stereocenters. The monoisotopic (exact) mass is 315 g/mol. The molecule has 3 aromatic rings. The molecule has 23 heavy (non-hydrogen) atoms. The molecule has 0 spiro atoms. The van der Waals surface area contributed by atoms with Crippen molar-refractivity contribution in [1.29, 1.82) is 0 Å². The van der Waals surface area contributed by atoms with Gasteiger partial charge in [0.15, 0.2) is 24.0 Å². The summed E-state index contributed by atoms with van der Waals surface area (Å²) in [5, 5.41) is 0.453. The third-order valence-electron chi connectivity index (χ3n) is 3.14. The van der Waals surface area contributed by atoms with E-state index in [4.69, 9.17) is 9.47 Å². The van der Waals surface area contributed by atoms with E-state index >= 15 is 0 Å². The van der Waals surface area contributed by atoms with E-state index in [-0.39, 0.29) is 24.1 Å². The quantitative estimate of drug-likeness (QED) is 0.748. The summed E-state index contributed by atoms with van der Waals surface area (Å²) >= 11 is 0. The Kier molecular flexibility index (Phi) is 3.92. The van der Waals surface area contributed by atoms with Crippen LogP contribution < -0.4 is 4.74 Å². The minimum absolute atomic E-state index is 0.0636. The Morgan fingerprint density at radius 1 is 1.35 bits per heavy atom. The van der Waals surface area contributed by atoms with Crippen LogP contribution in [0.3, 0.4) is 0 Å². The van der Waals surface area contributed by atoms with Crippen LogP contribution in [-0.4, -0.2) is 20.9 Å². The van der Waals surface area contributed by atoms with Crippen molar-refractivity contribution in [2.75, 3.05) is 0 Å². The lowest BCUT2D eigenvalue weighted by molar-refractivity contribution is -0.142. The van der Waals surface area contributed by atoms with Gasteiger partial charge < -0.3 is 14.5 Å². The summed E-state index contributed by atoms with van der Waals surface area (Å²) in [5.74, 6) is -0.385. The standard InChI is InChI=1S/C16H14FN3O3/c1-9-7-11-12(19-9)3-4-13(16(11)17)23-15-5-6-18-14(20-15)8-22-10(2)21/h3-7,19H,8H2,1-2H3. The second kappa shape index (κ2) is 6.04. The highest BCUT2D eigenvalue weighted by Gasteiger charge is 2.12. The molecule has 0 aliphatic rings. The SMILES string of the molecule is CC(=O)OCc1nccc(Oc2ccc3[nH]c(C)cc3c2F)n1. The summed E-state index contributed by atoms with van der Waals surface area (Å²) in [6.45, 7) is 3.08. The second-order valence-corrected chi connectivity index (χ2v) is 4.98. The van der Waals surface area contributed by atoms with Crippen LogP contribution in [0, 0.1) is 12.7 Å². The average molecular weight is 315 g/mol. The van der Waals surface area contributed by atoms with Crippen LogP contribution in [0.5, 0.6) is 11.6 Å². The molecule has 3 rings (SSSR count). The van der Waals surface area contributed by atoms with Crippen molar-refractivity contribution in [3.05, 3.63) is 47.8 Å². The van der Waals surface area contributed by atoms with Crippen molar-refractivity contribution in [2.24, 2.45) is 0 Å². The largest absolute Gasteiger partial charge is 0.458 e. The van der Waals surface area contributed by atoms with Crippen LogP contribution in [0.2, 0.25) is 0 Å². The lowest BCUT2D eigenvalue weighted by Gasteiger charge is -2.07. The highest BCUT2D eigenvalue weighted by atomic mass is 19.1. The van der Waals surface area contributed by atoms with Gasteiger partial charge in [0.2, 0.25) is 5.88 Å². The van der Waals surface area contributed by atoms with Gasteiger partial charge in [-0.3, -0.25) is 4.79 Å². The number of halogens is 1. The van der Waals surface area contributed by atoms with Crippen molar-refractivity contribution < 1.29 is 18.7 Å². The molecule has 0 aliphatic heterocycles. The molecule has 6 nitrogen and oxygen atoms in total. The van der Waals surface area contributed by atoms with Gasteiger partial charge in [-0.2, -0.15) is 4.98 Å². The van der Waals surface area contributed by atoms with Crippen molar-refractivity contribution in [2.45, 2.75) is 20.5 Å². The lowest BCUT2D eigenvalue weighted by atomic mass is 10.2. The maximum Gasteiger partial charge on any atom is 0.303 e. The van der Waals surface area contributed by atoms with E-state index in [9.17, 15) is 9.18 Å². The molecule has 0 radical (unpaired) electrons. The van der Waals surface area contributed by atoms with E-state index in [2.05, 4.69) is 15.0 Å². The van der Waals surface area contributed by atoms with Crippen LogP contribution in [0.15, 0.2) is 30.5 Å². The number of carbonyl (C=O) groups is 1. The smallest absolute Gasteiger partial charge is 0.303 e. The van der Waals surface area contributed by atoms with Gasteiger partial charge in [0.05, 0.1) is 0 Å². The number of aromatic amines is 1. The molecular formula is C16H14FN3O3. The summed E-state index contributed by atoms with van der Waals surface area (Å²) < 4.78 is 24.8. The van der Waals surface area contributed by atoms with Crippen LogP contribution in [-0.2, 0) is 16.1 Å². The highest BCUT2D eigenvalue weighted by molar-refractivity contribution is 5.82. The minimum atomic E-state index is -0.466. The zero-order chi connectivity index (χ0) is 16.4. The number of rotatable bonds is 4. The van der Waals surface area contributed by atoms with Crippen LogP contribution >= 0.6 is 0 Å². The topological polar surface area (TPSA) is 77.1 Å². The first-order chi connectivity index (χ1) is 11.0. The Balaban J connectivity index is 1.85. The van der Waals surface area contributed by atoms with Crippen molar-refractivity contribution in [3.63, 3.8) is 0 Å². The molecule has 0 saturated heterocycles. The van der Waals surface area contributed by atoms with Crippen molar-refractivity contribution >= 4 is 16.9 Å². The van der Waals surface area contributed by atoms with E-state index in [1.165, 1.54) is 25.3 Å². The maximum atomic E-state index is 14.5. The third-order valence-corrected chi connectivity index (χ3v) is 3.14. The summed E-state index contributed by atoms with van der Waals surface area (Å²) in [7, 11) is 0. The van der Waals surface area contributed by atoms with E-state index in [1.807, 2.05) is 6.92 Å². The predicted octanol–water partition coefficient (Wildman–Crippen LogP) is 3.26. The van der Waals surface area contributed by atoms with Gasteiger partial charge in [0.25, 0.3) is 0 Å². The van der Waals surface area contributed by atoms with Gasteiger partial charge in [0.1, 0.15) is 0 Å². The van der Waals surface area contributed by atoms with E-state index < -0.39 is 11.8 Å². The molecule has 0 fully saturated rings. The molecule has 1 N–H and O–H groups in total. The van der Waals surface area contributed by atoms with Crippen LogP contribution in [0.1, 0.15) is 18.4 Å². The van der Waals surface area contributed by atoms with Gasteiger partial charge in [-0.25, -0.2) is 9.37 Å². The second-order valence-electron chi connectivity index (χ2n) is 4.98. The zero-order valence-electron chi connectivity index (χ0n) is 12.6. The van der Waals surface area contributed by atoms with E-state index in [0.29, 0.717) is 10.9 Å². The number of carbonyl (C=O) groups excluding carboxylic acids is 1. The molecule has 2 aromatic heterocycles. The molecule has 1 aromatic carbocycles. The number of benzene rings is 1. The molecule has 0 bridgehead atoms. The summed E-state index contributed by atoms with van der Waals surface area (Å²) in [6, 6.07) is 6.48. The normalized spacial score (nSPS) is 10.7. The lowest BCUT2D eigenvalue weighted by Crippen LogP contribution is -2.03. The Bertz CT molecular complexity index is 876. The molecule has 0 aliphatic carbocycles. The first-order valence-electron chi connectivity index (χ1n) is 6.94. The third kappa shape index (κ3) is 3.28. The van der Waals surface area contributed by atoms with E-state index in [1.54, 1.807) is 12.1 Å². The summed E-state index contributed by atoms with van der Waals surface area (Å²) in [6.07, 6.45) is 1.46. The molecule has 2 heterocycles. The number of aromatic nitrogens is 3. The van der Waals surface area contributed by atoms with Crippen molar-refractivity contribution in [3.8, 4) is 11.6 Å². The van der Waals surface area contributed by atoms with Gasteiger partial charge in [-0.1, -0.05) is 0 Å². The Hall–Kier alpha value is -2.96. The first kappa shape index (κ1) is 15.0. The number of hydrogen-bond donors (Lipinski definition) is 1. The molecular weight excluding hydrogens is 301 g/mol. The first-order valence-corrected chi connectivity index (χ1v) is 6.94. The summed E-state index contributed by atoms with van der Waals surface area (Å²) in [4.78, 5) is 21.9. The highest BCUT2D eigenvalue weighted by Crippen LogP contribution is 2.29. The van der Waals surface area contributed by atoms with E-state index in [0.717, 1.165) is 5.69 Å². The average Bonchev–Trinajstić information content (AvgIpc) is 2.90. The number of nitrogens with one attached hydrogen (secondary N) is 1. The fourth-order valence-electron chi connectivity index (χ4n) is 2.15. The Morgan fingerprint density at radius 2 is 2.17 bits per heavy atom. The number of aryl methyl sites for hydroxylation is 1. The Labute approximate surface area is 131 Å². The molecule has 7 heteroatoms. The van der Waals surface area contributed by atoms with Gasteiger partial charge >= 0.3 is 5.97 Å². The fourth-order valence-corrected chi connectivity index (χ4v) is 2.15. The zero-order valence-corrected chi connectivity index (χ0v) is 12.6. The van der Waals surface area contributed by atoms with Crippen LogP contribution in [0.4, 0.5) is 4.39 Å². The van der Waals surface area contributed by atoms with Gasteiger partial charge in [-0.05, 0) is 25.1 Å². The number of fused-ring (bicyclic) bond motifs is 1. The molecule has 0 unspecified atom stereocenters. The minimum Gasteiger partial charge on any atom is -0.458 e. The Morgan fingerprint density at radius 3 is 2.96 bits per heavy atom. The number of ether oxygens (including phenoxy) is 2. The summed E-state index contributed by atoms with van der Waals surface area (Å²) in [5.41, 5.74) is 1.56. The van der Waals surface area contributed by atoms with Gasteiger partial charge in [0, 0.05) is 35.8 Å². The number of nitrogens with zero attached hydrogens (tertiary/aromatic N) is 2. The number of esters is 1. The molecule has 0 amide bonds. The van der Waals surface area contributed by atoms with Gasteiger partial charge in [-0.15, -0.1) is 0 Å². The van der Waals surface area contributed by atoms with Crippen molar-refractivity contribution in [1.82, 2.24) is 15.0 Å². The van der Waals surface area contributed by atoms with Crippen LogP contribution in [0.25, 0.3) is 10.9 Å². The number of H-pyrrole nitrogens is 1. The molecule has 0 saturated carbocycles. The number of hydrogen-bond acceptors (Lipinski definition) is 5. The maximum absolute atomic E-state index is 14.5.